The van der Waals surface area contributed by atoms with E-state index in [1.54, 1.807) is 31.2 Å². The molecule has 0 unspecified atom stereocenters. The van der Waals surface area contributed by atoms with Crippen LogP contribution in [0.15, 0.2) is 24.3 Å². The predicted octanol–water partition coefficient (Wildman–Crippen LogP) is 0.883. The average molecular weight is 192 g/mol. The molecule has 4 nitrogen and oxygen atoms in total. The van der Waals surface area contributed by atoms with Gasteiger partial charge in [-0.15, -0.1) is 0 Å². The number of ketones is 1. The number of carbonyl (C=O) groups excluding carboxylic acids is 2. The molecule has 1 aromatic carbocycles. The first-order valence-electron chi connectivity index (χ1n) is 4.33. The zero-order valence-electron chi connectivity index (χ0n) is 7.91. The highest BCUT2D eigenvalue weighted by molar-refractivity contribution is 5.98. The minimum Gasteiger partial charge on any atom is -0.294 e. The summed E-state index contributed by atoms with van der Waals surface area (Å²) in [6, 6.07) is 6.39. The van der Waals surface area contributed by atoms with Crippen molar-refractivity contribution in [3.63, 3.8) is 0 Å². The van der Waals surface area contributed by atoms with Crippen LogP contribution in [0.1, 0.15) is 34.1 Å². The Bertz CT molecular complexity index is 309. The van der Waals surface area contributed by atoms with Gasteiger partial charge in [0.05, 0.1) is 0 Å². The van der Waals surface area contributed by atoms with Gasteiger partial charge in [-0.05, 0) is 12.1 Å². The number of nitrogens with one attached hydrogen (secondary N) is 1. The maximum absolute atomic E-state index is 11.2. The van der Waals surface area contributed by atoms with E-state index in [1.807, 2.05) is 5.43 Å². The summed E-state index contributed by atoms with van der Waals surface area (Å²) in [6.45, 7) is 1.79. The normalized spacial score (nSPS) is 9.57. The summed E-state index contributed by atoms with van der Waals surface area (Å²) in [6.07, 6.45) is 0.461. The van der Waals surface area contributed by atoms with Gasteiger partial charge in [-0.25, -0.2) is 5.84 Å². The van der Waals surface area contributed by atoms with E-state index < -0.39 is 0 Å². The number of carbonyl (C=O) groups is 2. The van der Waals surface area contributed by atoms with Crippen LogP contribution < -0.4 is 11.3 Å². The zero-order valence-corrected chi connectivity index (χ0v) is 7.91. The van der Waals surface area contributed by atoms with Crippen molar-refractivity contribution in [3.8, 4) is 0 Å². The Morgan fingerprint density at radius 1 is 1.21 bits per heavy atom. The van der Waals surface area contributed by atoms with E-state index in [0.29, 0.717) is 17.5 Å². The largest absolute Gasteiger partial charge is 0.294 e. The number of Topliss-reactive ketones (excluding diaryl/α,β-unsaturated/α-hetero) is 1. The quantitative estimate of drug-likeness (QED) is 0.323. The van der Waals surface area contributed by atoms with Crippen LogP contribution in [0.3, 0.4) is 0 Å². The van der Waals surface area contributed by atoms with Gasteiger partial charge in [0.15, 0.2) is 5.78 Å². The molecule has 3 N–H and O–H groups in total. The van der Waals surface area contributed by atoms with Crippen LogP contribution in [0, 0.1) is 0 Å². The lowest BCUT2D eigenvalue weighted by atomic mass is 10.1. The molecule has 0 aliphatic carbocycles. The number of nitrogen functional groups attached to an aromatic ring is 1. The Morgan fingerprint density at radius 3 is 2.14 bits per heavy atom. The van der Waals surface area contributed by atoms with Crippen molar-refractivity contribution < 1.29 is 9.59 Å². The molecule has 14 heavy (non-hydrogen) atoms. The number of amides is 1. The lowest BCUT2D eigenvalue weighted by Crippen LogP contribution is -2.29. The van der Waals surface area contributed by atoms with Gasteiger partial charge in [0, 0.05) is 17.5 Å². The van der Waals surface area contributed by atoms with Crippen molar-refractivity contribution in [2.75, 3.05) is 0 Å². The molecule has 0 aliphatic heterocycles. The number of hydrogen-bond donors (Lipinski definition) is 2. The predicted molar refractivity (Wildman–Crippen MR) is 52.7 cm³/mol. The van der Waals surface area contributed by atoms with Gasteiger partial charge in [0.25, 0.3) is 5.91 Å². The Hall–Kier alpha value is -1.68. The van der Waals surface area contributed by atoms with E-state index in [4.69, 9.17) is 5.84 Å². The van der Waals surface area contributed by atoms with E-state index in [-0.39, 0.29) is 11.7 Å². The molecule has 0 bridgehead atoms. The maximum atomic E-state index is 11.2. The molecule has 0 aliphatic rings. The lowest BCUT2D eigenvalue weighted by Gasteiger charge is -2.00. The van der Waals surface area contributed by atoms with E-state index in [1.165, 1.54) is 0 Å². The molecule has 0 saturated heterocycles. The summed E-state index contributed by atoms with van der Waals surface area (Å²) < 4.78 is 0. The van der Waals surface area contributed by atoms with Gasteiger partial charge in [-0.2, -0.15) is 0 Å². The van der Waals surface area contributed by atoms with Gasteiger partial charge < -0.3 is 0 Å². The number of benzene rings is 1. The van der Waals surface area contributed by atoms with Crippen molar-refractivity contribution >= 4 is 11.7 Å². The minimum absolute atomic E-state index is 0.0599. The Kier molecular flexibility index (Phi) is 3.36. The first-order chi connectivity index (χ1) is 6.69. The van der Waals surface area contributed by atoms with E-state index in [2.05, 4.69) is 0 Å². The fourth-order valence-electron chi connectivity index (χ4n) is 1.09. The standard InChI is InChI=1S/C10H12N2O2/c1-2-9(13)7-3-5-8(6-4-7)10(14)12-11/h3-6H,2,11H2,1H3,(H,12,14). The third-order valence-corrected chi connectivity index (χ3v) is 1.92. The van der Waals surface area contributed by atoms with Crippen LogP contribution in [0.5, 0.6) is 0 Å². The fraction of sp³-hybridized carbons (Fsp3) is 0.200. The van der Waals surface area contributed by atoms with Crippen molar-refractivity contribution in [1.82, 2.24) is 5.43 Å². The molecule has 0 radical (unpaired) electrons. The summed E-state index contributed by atoms with van der Waals surface area (Å²) in [7, 11) is 0. The number of hydrogen-bond acceptors (Lipinski definition) is 3. The number of rotatable bonds is 3. The van der Waals surface area contributed by atoms with E-state index in [0.717, 1.165) is 0 Å². The first-order valence-corrected chi connectivity index (χ1v) is 4.33. The molecule has 0 heterocycles. The Labute approximate surface area is 82.1 Å². The van der Waals surface area contributed by atoms with Gasteiger partial charge in [-0.3, -0.25) is 15.0 Å². The second-order valence-corrected chi connectivity index (χ2v) is 2.83. The molecule has 4 heteroatoms. The molecule has 0 atom stereocenters. The van der Waals surface area contributed by atoms with Crippen LogP contribution in [-0.4, -0.2) is 11.7 Å². The van der Waals surface area contributed by atoms with Crippen molar-refractivity contribution in [1.29, 1.82) is 0 Å². The molecular formula is C10H12N2O2. The fourth-order valence-corrected chi connectivity index (χ4v) is 1.09. The molecular weight excluding hydrogens is 180 g/mol. The molecule has 0 aromatic heterocycles. The van der Waals surface area contributed by atoms with Crippen LogP contribution in [0.2, 0.25) is 0 Å². The molecule has 1 amide bonds. The monoisotopic (exact) mass is 192 g/mol. The molecule has 74 valence electrons. The van der Waals surface area contributed by atoms with Gasteiger partial charge in [0.2, 0.25) is 0 Å². The molecule has 0 spiro atoms. The van der Waals surface area contributed by atoms with Crippen molar-refractivity contribution in [3.05, 3.63) is 35.4 Å². The summed E-state index contributed by atoms with van der Waals surface area (Å²) in [5.41, 5.74) is 3.08. The van der Waals surface area contributed by atoms with Gasteiger partial charge >= 0.3 is 0 Å². The maximum Gasteiger partial charge on any atom is 0.265 e. The summed E-state index contributed by atoms with van der Waals surface area (Å²) in [5, 5.41) is 0. The van der Waals surface area contributed by atoms with Gasteiger partial charge in [0.1, 0.15) is 0 Å². The van der Waals surface area contributed by atoms with Gasteiger partial charge in [-0.1, -0.05) is 19.1 Å². The number of hydrazine groups is 1. The van der Waals surface area contributed by atoms with Crippen LogP contribution >= 0.6 is 0 Å². The minimum atomic E-state index is -0.361. The van der Waals surface area contributed by atoms with Crippen molar-refractivity contribution in [2.45, 2.75) is 13.3 Å². The third-order valence-electron chi connectivity index (χ3n) is 1.92. The van der Waals surface area contributed by atoms with E-state index >= 15 is 0 Å². The highest BCUT2D eigenvalue weighted by Crippen LogP contribution is 2.06. The third kappa shape index (κ3) is 2.17. The summed E-state index contributed by atoms with van der Waals surface area (Å²) in [5.74, 6) is 4.66. The molecule has 0 fully saturated rings. The first kappa shape index (κ1) is 10.4. The Balaban J connectivity index is 2.89. The molecule has 1 aromatic rings. The SMILES string of the molecule is CCC(=O)c1ccc(C(=O)NN)cc1. The lowest BCUT2D eigenvalue weighted by molar-refractivity contribution is 0.0950. The second kappa shape index (κ2) is 4.53. The average Bonchev–Trinajstić information content (AvgIpc) is 2.27. The topological polar surface area (TPSA) is 72.2 Å². The zero-order chi connectivity index (χ0) is 10.6. The summed E-state index contributed by atoms with van der Waals surface area (Å²) >= 11 is 0. The smallest absolute Gasteiger partial charge is 0.265 e. The van der Waals surface area contributed by atoms with Crippen molar-refractivity contribution in [2.24, 2.45) is 5.84 Å². The molecule has 1 rings (SSSR count). The van der Waals surface area contributed by atoms with E-state index in [9.17, 15) is 9.59 Å². The van der Waals surface area contributed by atoms with Crippen LogP contribution in [0.4, 0.5) is 0 Å². The Morgan fingerprint density at radius 2 is 1.71 bits per heavy atom. The second-order valence-electron chi connectivity index (χ2n) is 2.83. The highest BCUT2D eigenvalue weighted by atomic mass is 16.2. The van der Waals surface area contributed by atoms with Crippen LogP contribution in [-0.2, 0) is 0 Å². The molecule has 0 saturated carbocycles. The van der Waals surface area contributed by atoms with Crippen LogP contribution in [0.25, 0.3) is 0 Å². The highest BCUT2D eigenvalue weighted by Gasteiger charge is 2.05. The number of nitrogens with two attached hydrogens (primary N) is 1. The summed E-state index contributed by atoms with van der Waals surface area (Å²) in [4.78, 5) is 22.3.